The number of rotatable bonds is 6. The van der Waals surface area contributed by atoms with E-state index < -0.39 is 0 Å². The van der Waals surface area contributed by atoms with Gasteiger partial charge in [0.2, 0.25) is 5.91 Å². The van der Waals surface area contributed by atoms with Crippen LogP contribution in [0.4, 0.5) is 0 Å². The molecule has 1 amide bonds. The number of carbonyl (C=O) groups excluding carboxylic acids is 1. The molecule has 1 aromatic carbocycles. The van der Waals surface area contributed by atoms with E-state index in [0.717, 1.165) is 37.4 Å². The summed E-state index contributed by atoms with van der Waals surface area (Å²) in [6.45, 7) is 5.98. The molecule has 1 saturated heterocycles. The van der Waals surface area contributed by atoms with Crippen LogP contribution in [0.3, 0.4) is 0 Å². The van der Waals surface area contributed by atoms with E-state index >= 15 is 0 Å². The zero-order chi connectivity index (χ0) is 17.6. The molecule has 0 bridgehead atoms. The number of amides is 1. The Balaban J connectivity index is 1.54. The van der Waals surface area contributed by atoms with Gasteiger partial charge >= 0.3 is 0 Å². The maximum atomic E-state index is 12.6. The van der Waals surface area contributed by atoms with Gasteiger partial charge in [-0.2, -0.15) is 0 Å². The van der Waals surface area contributed by atoms with Gasteiger partial charge in [-0.1, -0.05) is 12.1 Å². The summed E-state index contributed by atoms with van der Waals surface area (Å²) >= 11 is 0. The molecule has 1 atom stereocenters. The fourth-order valence-corrected chi connectivity index (χ4v) is 3.19. The summed E-state index contributed by atoms with van der Waals surface area (Å²) in [5.74, 6) is 1.74. The Morgan fingerprint density at radius 2 is 1.76 bits per heavy atom. The molecule has 2 heterocycles. The summed E-state index contributed by atoms with van der Waals surface area (Å²) < 4.78 is 13.7. The SMILES string of the molecule is CCOc1ccccc1OC1CCN(C(=O)[C@@H](C)n2cccc2)CC1. The topological polar surface area (TPSA) is 43.7 Å². The standard InChI is InChI=1S/C20H26N2O3/c1-3-24-18-8-4-5-9-19(18)25-17-10-14-22(15-11-17)20(23)16(2)21-12-6-7-13-21/h4-9,12-13,16-17H,3,10-11,14-15H2,1-2H3/t16-/m1/s1. The molecule has 1 aliphatic heterocycles. The zero-order valence-electron chi connectivity index (χ0n) is 14.9. The van der Waals surface area contributed by atoms with Crippen molar-refractivity contribution in [3.8, 4) is 11.5 Å². The number of hydrogen-bond acceptors (Lipinski definition) is 3. The van der Waals surface area contributed by atoms with Crippen LogP contribution in [0.1, 0.15) is 32.7 Å². The Morgan fingerprint density at radius 1 is 1.12 bits per heavy atom. The zero-order valence-corrected chi connectivity index (χ0v) is 14.9. The molecule has 1 aromatic heterocycles. The molecule has 5 nitrogen and oxygen atoms in total. The van der Waals surface area contributed by atoms with Gasteiger partial charge in [-0.15, -0.1) is 0 Å². The van der Waals surface area contributed by atoms with E-state index in [0.29, 0.717) is 6.61 Å². The van der Waals surface area contributed by atoms with Crippen molar-refractivity contribution in [3.63, 3.8) is 0 Å². The summed E-state index contributed by atoms with van der Waals surface area (Å²) in [6, 6.07) is 11.5. The van der Waals surface area contributed by atoms with Crippen LogP contribution in [0.5, 0.6) is 11.5 Å². The van der Waals surface area contributed by atoms with Crippen LogP contribution in [-0.4, -0.2) is 41.2 Å². The minimum Gasteiger partial charge on any atom is -0.490 e. The lowest BCUT2D eigenvalue weighted by Crippen LogP contribution is -2.44. The first-order valence-corrected chi connectivity index (χ1v) is 8.98. The quantitative estimate of drug-likeness (QED) is 0.807. The molecule has 25 heavy (non-hydrogen) atoms. The molecule has 0 saturated carbocycles. The van der Waals surface area contributed by atoms with Crippen LogP contribution in [0.25, 0.3) is 0 Å². The molecule has 2 aromatic rings. The number of likely N-dealkylation sites (tertiary alicyclic amines) is 1. The molecule has 0 radical (unpaired) electrons. The predicted octanol–water partition coefficient (Wildman–Crippen LogP) is 3.52. The van der Waals surface area contributed by atoms with Crippen LogP contribution in [0.2, 0.25) is 0 Å². The molecular weight excluding hydrogens is 316 g/mol. The van der Waals surface area contributed by atoms with E-state index in [4.69, 9.17) is 9.47 Å². The third kappa shape index (κ3) is 4.16. The van der Waals surface area contributed by atoms with Crippen molar-refractivity contribution in [3.05, 3.63) is 48.8 Å². The highest BCUT2D eigenvalue weighted by molar-refractivity contribution is 5.80. The smallest absolute Gasteiger partial charge is 0.245 e. The minimum absolute atomic E-state index is 0.118. The van der Waals surface area contributed by atoms with E-state index in [-0.39, 0.29) is 18.1 Å². The van der Waals surface area contributed by atoms with Crippen LogP contribution >= 0.6 is 0 Å². The number of ether oxygens (including phenoxy) is 2. The number of aromatic nitrogens is 1. The van der Waals surface area contributed by atoms with Crippen molar-refractivity contribution in [2.24, 2.45) is 0 Å². The first-order valence-electron chi connectivity index (χ1n) is 8.98. The summed E-state index contributed by atoms with van der Waals surface area (Å²) in [5, 5.41) is 0. The molecule has 0 N–H and O–H groups in total. The van der Waals surface area contributed by atoms with Crippen LogP contribution in [0.15, 0.2) is 48.8 Å². The number of nitrogens with zero attached hydrogens (tertiary/aromatic N) is 2. The van der Waals surface area contributed by atoms with Gasteiger partial charge in [0.15, 0.2) is 11.5 Å². The molecule has 5 heteroatoms. The normalized spacial score (nSPS) is 16.5. The van der Waals surface area contributed by atoms with Crippen molar-refractivity contribution in [2.75, 3.05) is 19.7 Å². The average Bonchev–Trinajstić information content (AvgIpc) is 3.18. The van der Waals surface area contributed by atoms with Crippen molar-refractivity contribution in [1.29, 1.82) is 0 Å². The monoisotopic (exact) mass is 342 g/mol. The Labute approximate surface area is 149 Å². The number of hydrogen-bond donors (Lipinski definition) is 0. The summed E-state index contributed by atoms with van der Waals surface area (Å²) in [5.41, 5.74) is 0. The Hall–Kier alpha value is -2.43. The molecular formula is C20H26N2O3. The largest absolute Gasteiger partial charge is 0.490 e. The maximum absolute atomic E-state index is 12.6. The van der Waals surface area contributed by atoms with Crippen LogP contribution in [0, 0.1) is 0 Å². The maximum Gasteiger partial charge on any atom is 0.245 e. The molecule has 0 aliphatic carbocycles. The van der Waals surface area contributed by atoms with Crippen LogP contribution in [-0.2, 0) is 4.79 Å². The Bertz CT molecular complexity index is 676. The summed E-state index contributed by atoms with van der Waals surface area (Å²) in [7, 11) is 0. The fourth-order valence-electron chi connectivity index (χ4n) is 3.19. The van der Waals surface area contributed by atoms with Crippen molar-refractivity contribution < 1.29 is 14.3 Å². The van der Waals surface area contributed by atoms with Crippen LogP contribution < -0.4 is 9.47 Å². The molecule has 0 spiro atoms. The van der Waals surface area contributed by atoms with E-state index in [1.165, 1.54) is 0 Å². The highest BCUT2D eigenvalue weighted by atomic mass is 16.5. The second kappa shape index (κ2) is 8.10. The van der Waals surface area contributed by atoms with Gasteiger partial charge in [-0.05, 0) is 38.1 Å². The summed E-state index contributed by atoms with van der Waals surface area (Å²) in [4.78, 5) is 14.6. The van der Waals surface area contributed by atoms with Gasteiger partial charge in [-0.3, -0.25) is 4.79 Å². The van der Waals surface area contributed by atoms with Gasteiger partial charge in [-0.25, -0.2) is 0 Å². The van der Waals surface area contributed by atoms with Gasteiger partial charge < -0.3 is 18.9 Å². The Kier molecular flexibility index (Phi) is 5.64. The summed E-state index contributed by atoms with van der Waals surface area (Å²) in [6.07, 6.45) is 5.66. The van der Waals surface area contributed by atoms with Gasteiger partial charge in [0.25, 0.3) is 0 Å². The number of benzene rings is 1. The second-order valence-corrected chi connectivity index (χ2v) is 6.33. The lowest BCUT2D eigenvalue weighted by Gasteiger charge is -2.34. The van der Waals surface area contributed by atoms with E-state index in [1.807, 2.05) is 72.1 Å². The first kappa shape index (κ1) is 17.4. The van der Waals surface area contributed by atoms with E-state index in [2.05, 4.69) is 0 Å². The fraction of sp³-hybridized carbons (Fsp3) is 0.450. The lowest BCUT2D eigenvalue weighted by atomic mass is 10.1. The van der Waals surface area contributed by atoms with E-state index in [9.17, 15) is 4.79 Å². The molecule has 134 valence electrons. The van der Waals surface area contributed by atoms with E-state index in [1.54, 1.807) is 0 Å². The first-order chi connectivity index (χ1) is 12.2. The molecule has 0 unspecified atom stereocenters. The third-order valence-electron chi connectivity index (χ3n) is 4.63. The number of piperidine rings is 1. The highest BCUT2D eigenvalue weighted by Gasteiger charge is 2.27. The van der Waals surface area contributed by atoms with Gasteiger partial charge in [0, 0.05) is 38.3 Å². The second-order valence-electron chi connectivity index (χ2n) is 6.33. The predicted molar refractivity (Wildman–Crippen MR) is 97.0 cm³/mol. The average molecular weight is 342 g/mol. The van der Waals surface area contributed by atoms with Gasteiger partial charge in [0.05, 0.1) is 6.61 Å². The van der Waals surface area contributed by atoms with Crippen molar-refractivity contribution in [1.82, 2.24) is 9.47 Å². The molecule has 1 fully saturated rings. The third-order valence-corrected chi connectivity index (χ3v) is 4.63. The Morgan fingerprint density at radius 3 is 2.40 bits per heavy atom. The molecule has 3 rings (SSSR count). The number of para-hydroxylation sites is 2. The lowest BCUT2D eigenvalue weighted by molar-refractivity contribution is -0.136. The van der Waals surface area contributed by atoms with Gasteiger partial charge in [0.1, 0.15) is 12.1 Å². The van der Waals surface area contributed by atoms with Crippen molar-refractivity contribution >= 4 is 5.91 Å². The highest BCUT2D eigenvalue weighted by Crippen LogP contribution is 2.29. The molecule has 1 aliphatic rings. The van der Waals surface area contributed by atoms with Crippen molar-refractivity contribution in [2.45, 2.75) is 38.8 Å². The number of carbonyl (C=O) groups is 1. The minimum atomic E-state index is -0.161.